The van der Waals surface area contributed by atoms with Gasteiger partial charge in [0.2, 0.25) is 0 Å². The molecule has 0 amide bonds. The van der Waals surface area contributed by atoms with Gasteiger partial charge in [0, 0.05) is 19.8 Å². The fourth-order valence-corrected chi connectivity index (χ4v) is 12.7. The second-order valence-corrected chi connectivity index (χ2v) is 26.2. The number of hydrogen-bond acceptors (Lipinski definition) is 27. The van der Waals surface area contributed by atoms with Crippen LogP contribution in [0, 0.1) is 5.92 Å². The molecule has 6 rings (SSSR count). The van der Waals surface area contributed by atoms with Crippen LogP contribution in [0.4, 0.5) is 0 Å². The van der Waals surface area contributed by atoms with Crippen molar-refractivity contribution in [1.29, 1.82) is 0 Å². The summed E-state index contributed by atoms with van der Waals surface area (Å²) < 4.78 is 87.6. The van der Waals surface area contributed by atoms with Gasteiger partial charge in [-0.1, -0.05) is 123 Å². The molecule has 0 aromatic heterocycles. The average molecular weight is 1330 g/mol. The number of aliphatic hydroxyl groups is 9. The van der Waals surface area contributed by atoms with Gasteiger partial charge >= 0.3 is 23.9 Å². The minimum atomic E-state index is -2.04. The molecule has 0 aliphatic carbocycles. The number of carbonyl (C=O) groups is 4. The van der Waals surface area contributed by atoms with E-state index >= 15 is 0 Å². The lowest BCUT2D eigenvalue weighted by atomic mass is 9.95. The van der Waals surface area contributed by atoms with Crippen molar-refractivity contribution in [3.05, 3.63) is 0 Å². The molecule has 6 heterocycles. The topological polar surface area (TPSA) is 380 Å². The van der Waals surface area contributed by atoms with Crippen molar-refractivity contribution >= 4 is 23.9 Å². The van der Waals surface area contributed by atoms with E-state index in [2.05, 4.69) is 13.8 Å². The Morgan fingerprint density at radius 3 is 1.67 bits per heavy atom. The third kappa shape index (κ3) is 22.1. The highest BCUT2D eigenvalue weighted by Crippen LogP contribution is 2.39. The number of hydrogen-bond donors (Lipinski definition) is 9. The molecule has 0 bridgehead atoms. The van der Waals surface area contributed by atoms with Crippen LogP contribution < -0.4 is 0 Å². The lowest BCUT2D eigenvalue weighted by molar-refractivity contribution is -0.395. The number of ether oxygens (including phenoxy) is 14. The molecule has 6 aliphatic heterocycles. The molecular formula is C65H112O27. The van der Waals surface area contributed by atoms with Crippen LogP contribution in [0.5, 0.6) is 0 Å². The van der Waals surface area contributed by atoms with Gasteiger partial charge in [-0.15, -0.1) is 0 Å². The Kier molecular flexibility index (Phi) is 33.0. The van der Waals surface area contributed by atoms with Gasteiger partial charge in [0.05, 0.1) is 49.1 Å². The van der Waals surface area contributed by atoms with E-state index in [-0.39, 0.29) is 18.9 Å². The Balaban J connectivity index is 1.33. The maximum Gasteiger partial charge on any atom is 0.311 e. The molecule has 6 saturated heterocycles. The number of unbranched alkanes of at least 4 members (excludes halogenated alkanes) is 10. The lowest BCUT2D eigenvalue weighted by Gasteiger charge is -2.50. The van der Waals surface area contributed by atoms with Crippen LogP contribution in [0.15, 0.2) is 0 Å². The van der Waals surface area contributed by atoms with E-state index in [9.17, 15) is 65.1 Å². The van der Waals surface area contributed by atoms with Crippen LogP contribution in [0.2, 0.25) is 0 Å². The summed E-state index contributed by atoms with van der Waals surface area (Å²) in [6.07, 6.45) is -23.3. The third-order valence-corrected chi connectivity index (χ3v) is 18.6. The van der Waals surface area contributed by atoms with Crippen molar-refractivity contribution in [2.75, 3.05) is 6.61 Å². The molecule has 6 aliphatic rings. The number of esters is 4. The zero-order valence-corrected chi connectivity index (χ0v) is 55.5. The summed E-state index contributed by atoms with van der Waals surface area (Å²) in [4.78, 5) is 54.4. The number of rotatable bonds is 26. The molecule has 534 valence electrons. The first-order valence-corrected chi connectivity index (χ1v) is 34.3. The van der Waals surface area contributed by atoms with Gasteiger partial charge < -0.3 is 112 Å². The second-order valence-electron chi connectivity index (χ2n) is 26.2. The Bertz CT molecular complexity index is 2160. The molecular weight excluding hydrogens is 1210 g/mol. The zero-order chi connectivity index (χ0) is 67.3. The molecule has 9 N–H and O–H groups in total. The van der Waals surface area contributed by atoms with E-state index < -0.39 is 196 Å². The van der Waals surface area contributed by atoms with Gasteiger partial charge in [-0.2, -0.15) is 0 Å². The zero-order valence-electron chi connectivity index (χ0n) is 55.5. The van der Waals surface area contributed by atoms with Crippen molar-refractivity contribution in [1.82, 2.24) is 0 Å². The molecule has 92 heavy (non-hydrogen) atoms. The van der Waals surface area contributed by atoms with Crippen LogP contribution in [-0.4, -0.2) is 242 Å². The largest absolute Gasteiger partial charge is 0.456 e. The van der Waals surface area contributed by atoms with Crippen LogP contribution >= 0.6 is 0 Å². The summed E-state index contributed by atoms with van der Waals surface area (Å²) in [5, 5.41) is 102. The van der Waals surface area contributed by atoms with Gasteiger partial charge in [0.15, 0.2) is 62.0 Å². The normalized spacial score (nSPS) is 40.3. The Hall–Kier alpha value is -2.88. The maximum atomic E-state index is 14.1. The molecule has 0 saturated carbocycles. The van der Waals surface area contributed by atoms with Gasteiger partial charge in [0.25, 0.3) is 0 Å². The highest BCUT2D eigenvalue weighted by molar-refractivity contribution is 5.73. The van der Waals surface area contributed by atoms with Gasteiger partial charge in [-0.05, 0) is 67.2 Å². The van der Waals surface area contributed by atoms with Gasteiger partial charge in [0.1, 0.15) is 67.1 Å². The first kappa shape index (κ1) is 78.1. The Morgan fingerprint density at radius 1 is 0.500 bits per heavy atom. The molecule has 27 heteroatoms. The van der Waals surface area contributed by atoms with Gasteiger partial charge in [-0.3, -0.25) is 19.2 Å². The summed E-state index contributed by atoms with van der Waals surface area (Å²) >= 11 is 0. The predicted octanol–water partition coefficient (Wildman–Crippen LogP) is 3.84. The third-order valence-electron chi connectivity index (χ3n) is 18.6. The summed E-state index contributed by atoms with van der Waals surface area (Å²) in [6.45, 7) is 13.2. The van der Waals surface area contributed by atoms with E-state index in [4.69, 9.17) is 66.3 Å². The van der Waals surface area contributed by atoms with Crippen LogP contribution in [0.3, 0.4) is 0 Å². The standard InChI is InChI=1S/C65H112O27/c1-10-12-14-15-16-17-20-23-27-31-43(69)86-56-51(77)53(90-65-59(92-61-49(75)47(73)46(72)42(33-66)85-61)58(88-60(78)34(3)35(4)67)54(39(8)82-65)83-40(9)68)38(7)80-63(56)89-52-37(6)81-64-57(50(52)76)87-44(70)32-28-24-21-18-19-22-26-30-41(29-25-13-11-2)84-62-55(91-64)48(74)45(71)36(5)79-62/h34-39,41-42,45-59,61-67,71-77H,10-33H2,1-9H3/t34?,35-,36+,37-,38-,39-,41?,42+,45+,46+,47-,48-,49+,50+,51+,52-,53-,54-,55+,56+,57+,58+,59+,61-,62-,63-,64+,65-/m0/s1. The molecule has 0 radical (unpaired) electrons. The van der Waals surface area contributed by atoms with Crippen LogP contribution in [-0.2, 0) is 85.5 Å². The minimum absolute atomic E-state index is 0.0338. The second kappa shape index (κ2) is 38.9. The fourth-order valence-electron chi connectivity index (χ4n) is 12.7. The summed E-state index contributed by atoms with van der Waals surface area (Å²) in [6, 6.07) is 0. The number of fused-ring (bicyclic) bond motifs is 2. The lowest BCUT2D eigenvalue weighted by Crippen LogP contribution is -2.68. The molecule has 27 nitrogen and oxygen atoms in total. The van der Waals surface area contributed by atoms with E-state index in [0.717, 1.165) is 110 Å². The Labute approximate surface area is 541 Å². The van der Waals surface area contributed by atoms with Crippen molar-refractivity contribution < 1.29 is 131 Å². The monoisotopic (exact) mass is 1320 g/mol. The highest BCUT2D eigenvalue weighted by atomic mass is 16.8. The highest BCUT2D eigenvalue weighted by Gasteiger charge is 2.59. The predicted molar refractivity (Wildman–Crippen MR) is 323 cm³/mol. The smallest absolute Gasteiger partial charge is 0.311 e. The van der Waals surface area contributed by atoms with Gasteiger partial charge in [-0.25, -0.2) is 0 Å². The molecule has 6 fully saturated rings. The van der Waals surface area contributed by atoms with Crippen molar-refractivity contribution in [2.45, 2.75) is 376 Å². The van der Waals surface area contributed by atoms with Crippen molar-refractivity contribution in [2.24, 2.45) is 5.92 Å². The summed E-state index contributed by atoms with van der Waals surface area (Å²) in [7, 11) is 0. The minimum Gasteiger partial charge on any atom is -0.456 e. The molecule has 0 aromatic carbocycles. The average Bonchev–Trinajstić information content (AvgIpc) is 0.787. The van der Waals surface area contributed by atoms with E-state index in [0.29, 0.717) is 32.1 Å². The first-order valence-electron chi connectivity index (χ1n) is 34.3. The Morgan fingerprint density at radius 2 is 1.04 bits per heavy atom. The maximum absolute atomic E-state index is 14.1. The molecule has 0 aromatic rings. The van der Waals surface area contributed by atoms with Crippen LogP contribution in [0.1, 0.15) is 210 Å². The summed E-state index contributed by atoms with van der Waals surface area (Å²) in [5.74, 6) is -4.54. The molecule has 2 unspecified atom stereocenters. The van der Waals surface area contributed by atoms with E-state index in [1.807, 2.05) is 0 Å². The van der Waals surface area contributed by atoms with E-state index in [1.54, 1.807) is 6.92 Å². The van der Waals surface area contributed by atoms with E-state index in [1.165, 1.54) is 34.6 Å². The van der Waals surface area contributed by atoms with Crippen LogP contribution in [0.25, 0.3) is 0 Å². The fraction of sp³-hybridized carbons (Fsp3) is 0.938. The number of aliphatic hydroxyl groups excluding tert-OH is 9. The van der Waals surface area contributed by atoms with Crippen molar-refractivity contribution in [3.8, 4) is 0 Å². The number of carbonyl (C=O) groups excluding carboxylic acids is 4. The summed E-state index contributed by atoms with van der Waals surface area (Å²) in [5.41, 5.74) is 0. The first-order chi connectivity index (χ1) is 43.9. The SMILES string of the molecule is CCCCCCCCCCCC(=O)O[C@H]1[C@H](O[C@@H]2[C@@H](O)[C@H]3OC(=O)CCCCCCCCCC(CCCCC)O[C@@H]4O[C@H](C)[C@@H](O)[C@H](O)[C@H]4O[C@H]3O[C@H]2C)O[C@@H](C)[C@H](O[C@@H]2O[C@@H](C)[C@H](OC(C)=O)[C@@H](OC(=O)C(C)[C@H](C)O)[C@H]2O[C@@H]2O[C@H](CO)[C@@H](O)[C@H](O)[C@H]2O)[C@H]1O. The van der Waals surface area contributed by atoms with Crippen molar-refractivity contribution in [3.63, 3.8) is 0 Å². The molecule has 0 spiro atoms. The quantitative estimate of drug-likeness (QED) is 0.0337. The molecule has 28 atom stereocenters.